The third-order valence-electron chi connectivity index (χ3n) is 3.26. The summed E-state index contributed by atoms with van der Waals surface area (Å²) < 4.78 is 37.2. The fraction of sp³-hybridized carbons (Fsp3) is 0.400. The molecule has 0 saturated carbocycles. The van der Waals surface area contributed by atoms with Gasteiger partial charge in [0.25, 0.3) is 0 Å². The fourth-order valence-electron chi connectivity index (χ4n) is 1.56. The van der Waals surface area contributed by atoms with Crippen molar-refractivity contribution >= 4 is 12.0 Å². The van der Waals surface area contributed by atoms with Gasteiger partial charge in [0, 0.05) is 19.2 Å². The van der Waals surface area contributed by atoms with E-state index in [9.17, 15) is 18.0 Å². The van der Waals surface area contributed by atoms with Crippen molar-refractivity contribution < 1.29 is 18.0 Å². The number of nitrogens with zero attached hydrogens (tertiary/aromatic N) is 1. The zero-order valence-electron chi connectivity index (χ0n) is 11.7. The number of hydrogen-bond donors (Lipinski definition) is 0. The fourth-order valence-corrected chi connectivity index (χ4v) is 1.56. The first-order valence-electron chi connectivity index (χ1n) is 6.37. The van der Waals surface area contributed by atoms with Crippen molar-refractivity contribution in [2.45, 2.75) is 32.5 Å². The van der Waals surface area contributed by atoms with Crippen LogP contribution in [0.5, 0.6) is 0 Å². The van der Waals surface area contributed by atoms with Crippen LogP contribution in [-0.2, 0) is 11.0 Å². The van der Waals surface area contributed by atoms with Crippen LogP contribution >= 0.6 is 0 Å². The van der Waals surface area contributed by atoms with Crippen molar-refractivity contribution in [3.05, 3.63) is 41.5 Å². The average Bonchev–Trinajstić information content (AvgIpc) is 2.42. The molecule has 110 valence electrons. The Labute approximate surface area is 116 Å². The lowest BCUT2D eigenvalue weighted by molar-refractivity contribution is -0.137. The molecule has 0 heterocycles. The quantitative estimate of drug-likeness (QED) is 0.766. The lowest BCUT2D eigenvalue weighted by Gasteiger charge is -2.22. The van der Waals surface area contributed by atoms with Gasteiger partial charge in [0.05, 0.1) is 5.56 Å². The van der Waals surface area contributed by atoms with Crippen LogP contribution in [0.15, 0.2) is 30.3 Å². The number of carbonyl (C=O) groups excluding carboxylic acids is 1. The summed E-state index contributed by atoms with van der Waals surface area (Å²) in [6.45, 7) is 3.91. The van der Waals surface area contributed by atoms with Crippen molar-refractivity contribution in [2.75, 3.05) is 7.05 Å². The van der Waals surface area contributed by atoms with Crippen molar-refractivity contribution in [3.63, 3.8) is 0 Å². The summed E-state index contributed by atoms with van der Waals surface area (Å²) in [6, 6.07) is 4.82. The first kappa shape index (κ1) is 16.3. The largest absolute Gasteiger partial charge is 0.416 e. The van der Waals surface area contributed by atoms with Crippen LogP contribution < -0.4 is 0 Å². The third kappa shape index (κ3) is 4.40. The van der Waals surface area contributed by atoms with E-state index >= 15 is 0 Å². The summed E-state index contributed by atoms with van der Waals surface area (Å²) in [5.74, 6) is -0.167. The number of likely N-dealkylation sites (N-methyl/N-ethyl adjacent to an activating group) is 1. The summed E-state index contributed by atoms with van der Waals surface area (Å²) in [5, 5.41) is 0. The lowest BCUT2D eigenvalue weighted by atomic mass is 10.1. The SMILES string of the molecule is CCC(C)N(C)C(=O)/C=C/c1ccc(C(F)(F)F)cc1. The Morgan fingerprint density at radius 1 is 1.30 bits per heavy atom. The maximum atomic E-state index is 12.4. The molecule has 0 aliphatic carbocycles. The Morgan fingerprint density at radius 2 is 1.85 bits per heavy atom. The average molecular weight is 285 g/mol. The highest BCUT2D eigenvalue weighted by Crippen LogP contribution is 2.29. The highest BCUT2D eigenvalue weighted by molar-refractivity contribution is 5.91. The summed E-state index contributed by atoms with van der Waals surface area (Å²) in [4.78, 5) is 13.4. The van der Waals surface area contributed by atoms with Gasteiger partial charge >= 0.3 is 6.18 Å². The van der Waals surface area contributed by atoms with Crippen LogP contribution in [0.25, 0.3) is 6.08 Å². The van der Waals surface area contributed by atoms with Crippen LogP contribution in [0.1, 0.15) is 31.4 Å². The molecule has 5 heteroatoms. The van der Waals surface area contributed by atoms with Crippen LogP contribution in [0.4, 0.5) is 13.2 Å². The van der Waals surface area contributed by atoms with Crippen LogP contribution in [0.2, 0.25) is 0 Å². The van der Waals surface area contributed by atoms with Gasteiger partial charge in [0.15, 0.2) is 0 Å². The molecule has 0 N–H and O–H groups in total. The second kappa shape index (κ2) is 6.59. The molecular weight excluding hydrogens is 267 g/mol. The number of amides is 1. The zero-order valence-corrected chi connectivity index (χ0v) is 11.7. The van der Waals surface area contributed by atoms with E-state index in [0.717, 1.165) is 18.6 Å². The Kier molecular flexibility index (Phi) is 5.36. The van der Waals surface area contributed by atoms with Gasteiger partial charge in [-0.2, -0.15) is 13.2 Å². The van der Waals surface area contributed by atoms with Gasteiger partial charge in [-0.3, -0.25) is 4.79 Å². The number of benzene rings is 1. The second-order valence-electron chi connectivity index (χ2n) is 4.66. The molecule has 0 saturated heterocycles. The predicted octanol–water partition coefficient (Wildman–Crippen LogP) is 3.98. The lowest BCUT2D eigenvalue weighted by Crippen LogP contribution is -2.33. The molecule has 1 amide bonds. The molecular formula is C15H18F3NO. The minimum atomic E-state index is -4.34. The minimum absolute atomic E-state index is 0.125. The van der Waals surface area contributed by atoms with Crippen molar-refractivity contribution in [1.82, 2.24) is 4.90 Å². The van der Waals surface area contributed by atoms with E-state index in [1.807, 2.05) is 13.8 Å². The molecule has 0 aromatic heterocycles. The van der Waals surface area contributed by atoms with E-state index in [1.165, 1.54) is 24.3 Å². The van der Waals surface area contributed by atoms with Crippen LogP contribution in [-0.4, -0.2) is 23.9 Å². The van der Waals surface area contributed by atoms with Crippen LogP contribution in [0, 0.1) is 0 Å². The monoisotopic (exact) mass is 285 g/mol. The summed E-state index contributed by atoms with van der Waals surface area (Å²) in [5.41, 5.74) is -0.137. The standard InChI is InChI=1S/C15H18F3NO/c1-4-11(2)19(3)14(20)10-7-12-5-8-13(9-6-12)15(16,17)18/h5-11H,4H2,1-3H3/b10-7+. The molecule has 20 heavy (non-hydrogen) atoms. The first-order chi connectivity index (χ1) is 9.25. The third-order valence-corrected chi connectivity index (χ3v) is 3.26. The van der Waals surface area contributed by atoms with E-state index in [2.05, 4.69) is 0 Å². The number of halogens is 3. The Morgan fingerprint density at radius 3 is 2.30 bits per heavy atom. The number of alkyl halides is 3. The predicted molar refractivity (Wildman–Crippen MR) is 73.0 cm³/mol. The maximum absolute atomic E-state index is 12.4. The second-order valence-corrected chi connectivity index (χ2v) is 4.66. The van der Waals surface area contributed by atoms with Crippen molar-refractivity contribution in [1.29, 1.82) is 0 Å². The summed E-state index contributed by atoms with van der Waals surface area (Å²) in [6.07, 6.45) is -0.610. The zero-order chi connectivity index (χ0) is 15.3. The Balaban J connectivity index is 2.74. The van der Waals surface area contributed by atoms with Gasteiger partial charge < -0.3 is 4.90 Å². The van der Waals surface area contributed by atoms with Gasteiger partial charge in [-0.15, -0.1) is 0 Å². The van der Waals surface area contributed by atoms with Crippen LogP contribution in [0.3, 0.4) is 0 Å². The Bertz CT molecular complexity index is 477. The van der Waals surface area contributed by atoms with Crippen molar-refractivity contribution in [2.24, 2.45) is 0 Å². The van der Waals surface area contributed by atoms with Gasteiger partial charge in [0.1, 0.15) is 0 Å². The first-order valence-corrected chi connectivity index (χ1v) is 6.37. The topological polar surface area (TPSA) is 20.3 Å². The Hall–Kier alpha value is -1.78. The van der Waals surface area contributed by atoms with E-state index in [1.54, 1.807) is 11.9 Å². The molecule has 0 spiro atoms. The summed E-state index contributed by atoms with van der Waals surface area (Å²) in [7, 11) is 1.70. The van der Waals surface area contributed by atoms with Crippen molar-refractivity contribution in [3.8, 4) is 0 Å². The van der Waals surface area contributed by atoms with Gasteiger partial charge in [-0.25, -0.2) is 0 Å². The molecule has 0 radical (unpaired) electrons. The number of rotatable bonds is 4. The molecule has 1 aromatic carbocycles. The molecule has 1 rings (SSSR count). The highest BCUT2D eigenvalue weighted by atomic mass is 19.4. The molecule has 0 aliphatic rings. The molecule has 1 unspecified atom stereocenters. The molecule has 0 aliphatic heterocycles. The molecule has 1 atom stereocenters. The number of hydrogen-bond acceptors (Lipinski definition) is 1. The van der Waals surface area contributed by atoms with Gasteiger partial charge in [-0.05, 0) is 37.1 Å². The molecule has 2 nitrogen and oxygen atoms in total. The van der Waals surface area contributed by atoms with E-state index < -0.39 is 11.7 Å². The maximum Gasteiger partial charge on any atom is 0.416 e. The van der Waals surface area contributed by atoms with E-state index in [-0.39, 0.29) is 11.9 Å². The van der Waals surface area contributed by atoms with E-state index in [4.69, 9.17) is 0 Å². The number of carbonyl (C=O) groups is 1. The molecule has 1 aromatic rings. The molecule has 0 fully saturated rings. The van der Waals surface area contributed by atoms with E-state index in [0.29, 0.717) is 5.56 Å². The summed E-state index contributed by atoms with van der Waals surface area (Å²) >= 11 is 0. The smallest absolute Gasteiger partial charge is 0.340 e. The van der Waals surface area contributed by atoms with Gasteiger partial charge in [-0.1, -0.05) is 19.1 Å². The minimum Gasteiger partial charge on any atom is -0.340 e. The van der Waals surface area contributed by atoms with Gasteiger partial charge in [0.2, 0.25) is 5.91 Å². The highest BCUT2D eigenvalue weighted by Gasteiger charge is 2.29. The normalized spacial score (nSPS) is 13.5. The molecule has 0 bridgehead atoms.